The molecule has 3 rings (SSSR count). The maximum Gasteiger partial charge on any atom is 0.232 e. The Morgan fingerprint density at radius 2 is 1.76 bits per heavy atom. The van der Waals surface area contributed by atoms with Crippen molar-refractivity contribution in [1.82, 2.24) is 4.98 Å². The third kappa shape index (κ3) is 3.41. The van der Waals surface area contributed by atoms with Gasteiger partial charge in [0.1, 0.15) is 11.6 Å². The minimum absolute atomic E-state index is 0.211. The molecule has 0 N–H and O–H groups in total. The molecule has 0 saturated carbocycles. The van der Waals surface area contributed by atoms with E-state index in [9.17, 15) is 4.39 Å². The number of hydrogen-bond acceptors (Lipinski definition) is 3. The van der Waals surface area contributed by atoms with Gasteiger partial charge in [-0.05, 0) is 48.5 Å². The molecule has 0 atom stereocenters. The van der Waals surface area contributed by atoms with Gasteiger partial charge in [0, 0.05) is 10.6 Å². The van der Waals surface area contributed by atoms with Crippen LogP contribution >= 0.6 is 11.6 Å². The highest BCUT2D eigenvalue weighted by Crippen LogP contribution is 2.22. The number of rotatable bonds is 4. The largest absolute Gasteiger partial charge is 0.484 e. The topological polar surface area (TPSA) is 35.3 Å². The van der Waals surface area contributed by atoms with Crippen LogP contribution in [0, 0.1) is 5.82 Å². The number of ether oxygens (including phenoxy) is 1. The van der Waals surface area contributed by atoms with E-state index in [1.165, 1.54) is 12.1 Å². The summed E-state index contributed by atoms with van der Waals surface area (Å²) in [5.74, 6) is 1.42. The molecule has 3 nitrogen and oxygen atoms in total. The third-order valence-corrected chi connectivity index (χ3v) is 3.11. The van der Waals surface area contributed by atoms with Crippen LogP contribution in [-0.2, 0) is 6.61 Å². The zero-order chi connectivity index (χ0) is 14.7. The second-order valence-corrected chi connectivity index (χ2v) is 4.80. The Morgan fingerprint density at radius 1 is 1.05 bits per heavy atom. The van der Waals surface area contributed by atoms with E-state index < -0.39 is 0 Å². The lowest BCUT2D eigenvalue weighted by molar-refractivity contribution is 0.264. The Morgan fingerprint density at radius 3 is 2.48 bits per heavy atom. The number of halogens is 2. The van der Waals surface area contributed by atoms with E-state index in [2.05, 4.69) is 4.98 Å². The molecule has 0 amide bonds. The predicted molar refractivity (Wildman–Crippen MR) is 77.7 cm³/mol. The minimum Gasteiger partial charge on any atom is -0.484 e. The van der Waals surface area contributed by atoms with Crippen LogP contribution in [0.3, 0.4) is 0 Å². The molecule has 1 heterocycles. The van der Waals surface area contributed by atoms with Crippen molar-refractivity contribution in [2.24, 2.45) is 0 Å². The van der Waals surface area contributed by atoms with Crippen LogP contribution in [0.15, 0.2) is 59.1 Å². The van der Waals surface area contributed by atoms with E-state index in [0.717, 1.165) is 5.56 Å². The number of nitrogens with zero attached hydrogens (tertiary/aromatic N) is 1. The maximum absolute atomic E-state index is 12.9. The first-order valence-corrected chi connectivity index (χ1v) is 6.67. The monoisotopic (exact) mass is 303 g/mol. The van der Waals surface area contributed by atoms with Gasteiger partial charge in [0.05, 0.1) is 6.20 Å². The SMILES string of the molecule is Fc1ccc(-c2cnc(COc3ccc(Cl)cc3)o2)cc1. The highest BCUT2D eigenvalue weighted by molar-refractivity contribution is 6.30. The van der Waals surface area contributed by atoms with Crippen LogP contribution in [-0.4, -0.2) is 4.98 Å². The minimum atomic E-state index is -0.287. The van der Waals surface area contributed by atoms with Crippen LogP contribution < -0.4 is 4.74 Å². The Hall–Kier alpha value is -2.33. The van der Waals surface area contributed by atoms with Gasteiger partial charge in [0.25, 0.3) is 0 Å². The van der Waals surface area contributed by atoms with Crippen LogP contribution in [0.5, 0.6) is 5.75 Å². The first kappa shape index (κ1) is 13.6. The molecule has 0 bridgehead atoms. The van der Waals surface area contributed by atoms with E-state index >= 15 is 0 Å². The molecular formula is C16H11ClFNO2. The first-order chi connectivity index (χ1) is 10.2. The summed E-state index contributed by atoms with van der Waals surface area (Å²) < 4.78 is 24.0. The number of aromatic nitrogens is 1. The normalized spacial score (nSPS) is 10.6. The molecule has 0 aliphatic rings. The molecule has 0 saturated heterocycles. The molecule has 0 aliphatic carbocycles. The fourth-order valence-electron chi connectivity index (χ4n) is 1.80. The molecule has 21 heavy (non-hydrogen) atoms. The lowest BCUT2D eigenvalue weighted by atomic mass is 10.2. The Bertz CT molecular complexity index is 723. The Balaban J connectivity index is 1.67. The van der Waals surface area contributed by atoms with Crippen LogP contribution in [0.25, 0.3) is 11.3 Å². The van der Waals surface area contributed by atoms with Gasteiger partial charge in [0.2, 0.25) is 5.89 Å². The summed E-state index contributed by atoms with van der Waals surface area (Å²) >= 11 is 5.80. The zero-order valence-electron chi connectivity index (χ0n) is 10.9. The molecule has 2 aromatic carbocycles. The molecule has 0 unspecified atom stereocenters. The molecule has 0 fully saturated rings. The van der Waals surface area contributed by atoms with E-state index in [0.29, 0.717) is 22.4 Å². The van der Waals surface area contributed by atoms with Crippen LogP contribution in [0.1, 0.15) is 5.89 Å². The summed E-state index contributed by atoms with van der Waals surface area (Å²) in [6, 6.07) is 13.1. The van der Waals surface area contributed by atoms with Gasteiger partial charge in [-0.25, -0.2) is 9.37 Å². The van der Waals surface area contributed by atoms with E-state index in [1.807, 2.05) is 0 Å². The number of oxazole rings is 1. The van der Waals surface area contributed by atoms with Crippen molar-refractivity contribution in [2.75, 3.05) is 0 Å². The van der Waals surface area contributed by atoms with Crippen LogP contribution in [0.2, 0.25) is 5.02 Å². The Kier molecular flexibility index (Phi) is 3.88. The highest BCUT2D eigenvalue weighted by Gasteiger charge is 2.07. The molecule has 5 heteroatoms. The van der Waals surface area contributed by atoms with Gasteiger partial charge in [0.15, 0.2) is 12.4 Å². The molecule has 0 aliphatic heterocycles. The summed E-state index contributed by atoms with van der Waals surface area (Å²) in [5, 5.41) is 0.650. The number of benzene rings is 2. The predicted octanol–water partition coefficient (Wildman–Crippen LogP) is 4.71. The van der Waals surface area contributed by atoms with Gasteiger partial charge in [-0.2, -0.15) is 0 Å². The third-order valence-electron chi connectivity index (χ3n) is 2.86. The molecule has 3 aromatic rings. The van der Waals surface area contributed by atoms with Crippen molar-refractivity contribution < 1.29 is 13.5 Å². The molecule has 0 spiro atoms. The summed E-state index contributed by atoms with van der Waals surface area (Å²) in [6.45, 7) is 0.211. The molecule has 0 radical (unpaired) electrons. The van der Waals surface area contributed by atoms with Gasteiger partial charge in [-0.15, -0.1) is 0 Å². The summed E-state index contributed by atoms with van der Waals surface area (Å²) in [4.78, 5) is 4.14. The van der Waals surface area contributed by atoms with Crippen molar-refractivity contribution in [3.05, 3.63) is 71.5 Å². The average Bonchev–Trinajstić information content (AvgIpc) is 2.96. The average molecular weight is 304 g/mol. The highest BCUT2D eigenvalue weighted by atomic mass is 35.5. The molecule has 106 valence electrons. The fourth-order valence-corrected chi connectivity index (χ4v) is 1.93. The standard InChI is InChI=1S/C16H11ClFNO2/c17-12-3-7-14(8-4-12)20-10-16-19-9-15(21-16)11-1-5-13(18)6-2-11/h1-9H,10H2. The van der Waals surface area contributed by atoms with Gasteiger partial charge < -0.3 is 9.15 Å². The van der Waals surface area contributed by atoms with Crippen molar-refractivity contribution in [3.63, 3.8) is 0 Å². The summed E-state index contributed by atoms with van der Waals surface area (Å²) in [7, 11) is 0. The lowest BCUT2D eigenvalue weighted by Crippen LogP contribution is -1.94. The first-order valence-electron chi connectivity index (χ1n) is 6.30. The molecule has 1 aromatic heterocycles. The smallest absolute Gasteiger partial charge is 0.232 e. The summed E-state index contributed by atoms with van der Waals surface area (Å²) in [5.41, 5.74) is 0.765. The van der Waals surface area contributed by atoms with Crippen molar-refractivity contribution in [2.45, 2.75) is 6.61 Å². The van der Waals surface area contributed by atoms with Crippen molar-refractivity contribution in [1.29, 1.82) is 0 Å². The van der Waals surface area contributed by atoms with Gasteiger partial charge in [-0.3, -0.25) is 0 Å². The zero-order valence-corrected chi connectivity index (χ0v) is 11.7. The van der Waals surface area contributed by atoms with Crippen molar-refractivity contribution >= 4 is 11.6 Å². The molecular weight excluding hydrogens is 293 g/mol. The van der Waals surface area contributed by atoms with E-state index in [4.69, 9.17) is 20.8 Å². The lowest BCUT2D eigenvalue weighted by Gasteiger charge is -2.03. The second-order valence-electron chi connectivity index (χ2n) is 4.37. The summed E-state index contributed by atoms with van der Waals surface area (Å²) in [6.07, 6.45) is 1.59. The fraction of sp³-hybridized carbons (Fsp3) is 0.0625. The van der Waals surface area contributed by atoms with E-state index in [1.54, 1.807) is 42.6 Å². The van der Waals surface area contributed by atoms with Crippen LogP contribution in [0.4, 0.5) is 4.39 Å². The maximum atomic E-state index is 12.9. The van der Waals surface area contributed by atoms with Gasteiger partial charge in [-0.1, -0.05) is 11.6 Å². The quantitative estimate of drug-likeness (QED) is 0.700. The number of hydrogen-bond donors (Lipinski definition) is 0. The second kappa shape index (κ2) is 5.97. The van der Waals surface area contributed by atoms with Crippen molar-refractivity contribution in [3.8, 4) is 17.1 Å². The Labute approximate surface area is 126 Å². The van der Waals surface area contributed by atoms with Gasteiger partial charge >= 0.3 is 0 Å². The van der Waals surface area contributed by atoms with E-state index in [-0.39, 0.29) is 12.4 Å².